The van der Waals surface area contributed by atoms with E-state index >= 15 is 0 Å². The fraction of sp³-hybridized carbons (Fsp3) is 0.529. The summed E-state index contributed by atoms with van der Waals surface area (Å²) in [5.41, 5.74) is 8.98. The van der Waals surface area contributed by atoms with Crippen LogP contribution in [0.2, 0.25) is 0 Å². The van der Waals surface area contributed by atoms with Gasteiger partial charge in [-0.05, 0) is 51.2 Å². The summed E-state index contributed by atoms with van der Waals surface area (Å²) in [5, 5.41) is 0.948. The van der Waals surface area contributed by atoms with Crippen LogP contribution in [0, 0.1) is 13.8 Å². The molecule has 1 atom stereocenters. The van der Waals surface area contributed by atoms with Crippen LogP contribution in [0.3, 0.4) is 0 Å². The first kappa shape index (κ1) is 15.3. The summed E-state index contributed by atoms with van der Waals surface area (Å²) in [4.78, 5) is 21.1. The number of aromatic nitrogens is 1. The van der Waals surface area contributed by atoms with Crippen molar-refractivity contribution in [3.05, 3.63) is 22.2 Å². The van der Waals surface area contributed by atoms with Gasteiger partial charge in [0, 0.05) is 23.7 Å². The van der Waals surface area contributed by atoms with Crippen molar-refractivity contribution in [3.8, 4) is 0 Å². The highest BCUT2D eigenvalue weighted by Crippen LogP contribution is 2.36. The van der Waals surface area contributed by atoms with E-state index in [0.29, 0.717) is 16.6 Å². The Labute approximate surface area is 135 Å². The molecule has 1 amide bonds. The Morgan fingerprint density at radius 3 is 2.95 bits per heavy atom. The number of hydrogen-bond donors (Lipinski definition) is 1. The summed E-state index contributed by atoms with van der Waals surface area (Å²) in [5.74, 6) is 0.0871. The molecule has 2 aromatic rings. The van der Waals surface area contributed by atoms with Crippen molar-refractivity contribution in [1.29, 1.82) is 0 Å². The molecule has 118 valence electrons. The first-order valence-electron chi connectivity index (χ1n) is 8.00. The predicted octanol–water partition coefficient (Wildman–Crippen LogP) is 3.90. The molecule has 0 aromatic carbocycles. The number of rotatable bonds is 2. The molecule has 0 saturated carbocycles. The van der Waals surface area contributed by atoms with Gasteiger partial charge in [-0.15, -0.1) is 11.3 Å². The number of carbonyl (C=O) groups is 1. The number of nitrogen functional groups attached to an aromatic ring is 1. The van der Waals surface area contributed by atoms with Crippen LogP contribution in [0.15, 0.2) is 6.07 Å². The van der Waals surface area contributed by atoms with Gasteiger partial charge in [0.05, 0.1) is 5.69 Å². The number of pyridine rings is 1. The molecule has 3 rings (SSSR count). The number of aryl methyl sites for hydroxylation is 2. The number of nitrogens with zero attached hydrogens (tertiary/aromatic N) is 2. The molecule has 0 bridgehead atoms. The average molecular weight is 317 g/mol. The van der Waals surface area contributed by atoms with E-state index in [0.717, 1.165) is 47.3 Å². The van der Waals surface area contributed by atoms with Gasteiger partial charge >= 0.3 is 0 Å². The molecule has 22 heavy (non-hydrogen) atoms. The lowest BCUT2D eigenvalue weighted by Gasteiger charge is -2.35. The van der Waals surface area contributed by atoms with Crippen LogP contribution in [0.5, 0.6) is 0 Å². The highest BCUT2D eigenvalue weighted by Gasteiger charge is 2.29. The Balaban J connectivity index is 2.04. The van der Waals surface area contributed by atoms with Crippen molar-refractivity contribution in [1.82, 2.24) is 9.88 Å². The summed E-state index contributed by atoms with van der Waals surface area (Å²) in [6.07, 6.45) is 4.41. The standard InChI is InChI=1S/C17H23N3OS/c1-4-12-7-5-6-8-20(12)17(21)15-14(18)13-10(2)9-11(3)19-16(13)22-15/h9,12H,4-8,18H2,1-3H3. The number of carbonyl (C=O) groups excluding carboxylic acids is 1. The number of likely N-dealkylation sites (tertiary alicyclic amines) is 1. The minimum Gasteiger partial charge on any atom is -0.397 e. The number of piperidine rings is 1. The maximum Gasteiger partial charge on any atom is 0.266 e. The van der Waals surface area contributed by atoms with Crippen LogP contribution in [0.25, 0.3) is 10.2 Å². The molecule has 0 spiro atoms. The van der Waals surface area contributed by atoms with E-state index in [4.69, 9.17) is 5.73 Å². The second-order valence-corrected chi connectivity index (χ2v) is 7.16. The Morgan fingerprint density at radius 1 is 1.45 bits per heavy atom. The number of amides is 1. The average Bonchev–Trinajstić information content (AvgIpc) is 2.83. The minimum atomic E-state index is 0.0871. The van der Waals surface area contributed by atoms with Crippen molar-refractivity contribution < 1.29 is 4.79 Å². The Bertz CT molecular complexity index is 722. The zero-order valence-electron chi connectivity index (χ0n) is 13.5. The summed E-state index contributed by atoms with van der Waals surface area (Å²) >= 11 is 1.44. The fourth-order valence-corrected chi connectivity index (χ4v) is 4.62. The number of hydrogen-bond acceptors (Lipinski definition) is 4. The number of nitrogens with two attached hydrogens (primary N) is 1. The number of fused-ring (bicyclic) bond motifs is 1. The summed E-state index contributed by atoms with van der Waals surface area (Å²) in [6, 6.07) is 2.37. The van der Waals surface area contributed by atoms with E-state index in [-0.39, 0.29) is 5.91 Å². The SMILES string of the molecule is CCC1CCCCN1C(=O)c1sc2nc(C)cc(C)c2c1N. The molecule has 1 aliphatic heterocycles. The van der Waals surface area contributed by atoms with E-state index in [1.54, 1.807) is 0 Å². The molecule has 1 saturated heterocycles. The Kier molecular flexibility index (Phi) is 4.08. The topological polar surface area (TPSA) is 59.2 Å². The van der Waals surface area contributed by atoms with Crippen LogP contribution in [-0.2, 0) is 0 Å². The van der Waals surface area contributed by atoms with Gasteiger partial charge in [0.25, 0.3) is 5.91 Å². The van der Waals surface area contributed by atoms with Gasteiger partial charge in [0.15, 0.2) is 0 Å². The molecule has 2 aromatic heterocycles. The zero-order chi connectivity index (χ0) is 15.9. The van der Waals surface area contributed by atoms with Crippen LogP contribution >= 0.6 is 11.3 Å². The molecule has 1 aliphatic rings. The second kappa shape index (κ2) is 5.88. The van der Waals surface area contributed by atoms with E-state index in [2.05, 4.69) is 11.9 Å². The quantitative estimate of drug-likeness (QED) is 0.914. The van der Waals surface area contributed by atoms with Gasteiger partial charge in [0.1, 0.15) is 9.71 Å². The molecular weight excluding hydrogens is 294 g/mol. The maximum absolute atomic E-state index is 13.0. The molecule has 1 fully saturated rings. The lowest BCUT2D eigenvalue weighted by atomic mass is 9.99. The molecule has 1 unspecified atom stereocenters. The van der Waals surface area contributed by atoms with Crippen LogP contribution in [0.4, 0.5) is 5.69 Å². The molecule has 3 heterocycles. The van der Waals surface area contributed by atoms with Gasteiger partial charge in [-0.1, -0.05) is 6.92 Å². The van der Waals surface area contributed by atoms with E-state index in [1.165, 1.54) is 17.8 Å². The maximum atomic E-state index is 13.0. The van der Waals surface area contributed by atoms with Gasteiger partial charge in [-0.3, -0.25) is 4.79 Å². The van der Waals surface area contributed by atoms with E-state index in [9.17, 15) is 4.79 Å². The molecule has 0 aliphatic carbocycles. The van der Waals surface area contributed by atoms with Gasteiger partial charge in [0.2, 0.25) is 0 Å². The molecule has 2 N–H and O–H groups in total. The first-order valence-corrected chi connectivity index (χ1v) is 8.81. The van der Waals surface area contributed by atoms with Crippen LogP contribution in [-0.4, -0.2) is 28.4 Å². The minimum absolute atomic E-state index is 0.0871. The number of anilines is 1. The lowest BCUT2D eigenvalue weighted by molar-refractivity contribution is 0.0614. The third-order valence-electron chi connectivity index (χ3n) is 4.58. The van der Waals surface area contributed by atoms with Crippen molar-refractivity contribution in [2.75, 3.05) is 12.3 Å². The van der Waals surface area contributed by atoms with Gasteiger partial charge in [-0.2, -0.15) is 0 Å². The molecular formula is C17H23N3OS. The van der Waals surface area contributed by atoms with Crippen LogP contribution in [0.1, 0.15) is 53.5 Å². The Hall–Kier alpha value is -1.62. The largest absolute Gasteiger partial charge is 0.397 e. The highest BCUT2D eigenvalue weighted by molar-refractivity contribution is 7.21. The van der Waals surface area contributed by atoms with Crippen molar-refractivity contribution in [3.63, 3.8) is 0 Å². The molecule has 5 heteroatoms. The van der Waals surface area contributed by atoms with Crippen molar-refractivity contribution in [2.45, 2.75) is 52.5 Å². The van der Waals surface area contributed by atoms with Crippen molar-refractivity contribution >= 4 is 33.1 Å². The summed E-state index contributed by atoms with van der Waals surface area (Å²) < 4.78 is 0. The normalized spacial score (nSPS) is 18.9. The van der Waals surface area contributed by atoms with E-state index in [1.807, 2.05) is 24.8 Å². The molecule has 0 radical (unpaired) electrons. The zero-order valence-corrected chi connectivity index (χ0v) is 14.3. The third-order valence-corrected chi connectivity index (χ3v) is 5.67. The van der Waals surface area contributed by atoms with Crippen molar-refractivity contribution in [2.24, 2.45) is 0 Å². The number of thiophene rings is 1. The van der Waals surface area contributed by atoms with E-state index < -0.39 is 0 Å². The lowest BCUT2D eigenvalue weighted by Crippen LogP contribution is -2.43. The van der Waals surface area contributed by atoms with Gasteiger partial charge in [-0.25, -0.2) is 4.98 Å². The smallest absolute Gasteiger partial charge is 0.266 e. The first-order chi connectivity index (χ1) is 10.5. The Morgan fingerprint density at radius 2 is 2.23 bits per heavy atom. The third kappa shape index (κ3) is 2.47. The monoisotopic (exact) mass is 317 g/mol. The van der Waals surface area contributed by atoms with Crippen LogP contribution < -0.4 is 5.73 Å². The predicted molar refractivity (Wildman–Crippen MR) is 92.5 cm³/mol. The van der Waals surface area contributed by atoms with Gasteiger partial charge < -0.3 is 10.6 Å². The second-order valence-electron chi connectivity index (χ2n) is 6.16. The fourth-order valence-electron chi connectivity index (χ4n) is 3.45. The summed E-state index contributed by atoms with van der Waals surface area (Å²) in [6.45, 7) is 7.00. The highest BCUT2D eigenvalue weighted by atomic mass is 32.1. The molecule has 4 nitrogen and oxygen atoms in total. The summed E-state index contributed by atoms with van der Waals surface area (Å²) in [7, 11) is 0.